The van der Waals surface area contributed by atoms with Gasteiger partial charge in [-0.15, -0.1) is 0 Å². The normalized spacial score (nSPS) is 19.4. The highest BCUT2D eigenvalue weighted by atomic mass is 19.3. The van der Waals surface area contributed by atoms with Crippen LogP contribution in [-0.2, 0) is 4.79 Å². The lowest BCUT2D eigenvalue weighted by molar-refractivity contribution is -0.150. The van der Waals surface area contributed by atoms with E-state index in [-0.39, 0.29) is 13.1 Å². The first-order valence-corrected chi connectivity index (χ1v) is 2.82. The van der Waals surface area contributed by atoms with Crippen molar-refractivity contribution in [3.63, 3.8) is 0 Å². The lowest BCUT2D eigenvalue weighted by atomic mass is 10.2. The Morgan fingerprint density at radius 2 is 2.00 bits per heavy atom. The summed E-state index contributed by atoms with van der Waals surface area (Å²) in [7, 11) is 0. The molecule has 1 amide bonds. The summed E-state index contributed by atoms with van der Waals surface area (Å²) in [6.07, 6.45) is -4.10. The van der Waals surface area contributed by atoms with Gasteiger partial charge in [0.25, 0.3) is 5.91 Å². The van der Waals surface area contributed by atoms with E-state index in [1.165, 1.54) is 0 Å². The van der Waals surface area contributed by atoms with Crippen LogP contribution in [0.1, 0.15) is 0 Å². The van der Waals surface area contributed by atoms with E-state index in [0.717, 1.165) is 4.90 Å². The summed E-state index contributed by atoms with van der Waals surface area (Å²) in [5, 5.41) is 0. The number of likely N-dealkylation sites (tertiary alicyclic amines) is 1. The van der Waals surface area contributed by atoms with E-state index >= 15 is 0 Å². The predicted molar refractivity (Wildman–Crippen MR) is 27.5 cm³/mol. The van der Waals surface area contributed by atoms with Crippen molar-refractivity contribution in [1.29, 1.82) is 0 Å². The Labute approximate surface area is 55.6 Å². The molecule has 1 aliphatic heterocycles. The monoisotopic (exact) mass is 153 g/mol. The molecule has 10 heavy (non-hydrogen) atoms. The molecule has 1 rings (SSSR count). The largest absolute Gasteiger partial charge is 0.332 e. The second kappa shape index (κ2) is 2.48. The molecule has 0 aromatic heterocycles. The zero-order valence-corrected chi connectivity index (χ0v) is 5.06. The number of carbonyl (C=O) groups excluding carboxylic acids is 1. The van der Waals surface area contributed by atoms with Gasteiger partial charge in [0.15, 0.2) is 0 Å². The van der Waals surface area contributed by atoms with Crippen LogP contribution in [-0.4, -0.2) is 36.5 Å². The van der Waals surface area contributed by atoms with Crippen molar-refractivity contribution in [1.82, 2.24) is 4.90 Å². The first-order valence-electron chi connectivity index (χ1n) is 2.82. The van der Waals surface area contributed by atoms with Gasteiger partial charge in [-0.25, -0.2) is 4.39 Å². The molecule has 0 spiro atoms. The minimum absolute atomic E-state index is 0.177. The minimum atomic E-state index is -2.99. The predicted octanol–water partition coefficient (Wildman–Crippen LogP) is 0.432. The molecule has 1 aliphatic rings. The van der Waals surface area contributed by atoms with E-state index < -0.39 is 18.5 Å². The van der Waals surface area contributed by atoms with Crippen LogP contribution >= 0.6 is 0 Å². The third-order valence-corrected chi connectivity index (χ3v) is 1.34. The number of hydrogen-bond donors (Lipinski definition) is 0. The van der Waals surface area contributed by atoms with Crippen molar-refractivity contribution < 1.29 is 18.0 Å². The van der Waals surface area contributed by atoms with Gasteiger partial charge in [-0.2, -0.15) is 8.78 Å². The van der Waals surface area contributed by atoms with Gasteiger partial charge in [0.05, 0.1) is 13.1 Å². The summed E-state index contributed by atoms with van der Waals surface area (Å²) >= 11 is 0. The Morgan fingerprint density at radius 1 is 1.50 bits per heavy atom. The van der Waals surface area contributed by atoms with Gasteiger partial charge < -0.3 is 4.90 Å². The van der Waals surface area contributed by atoms with E-state index in [2.05, 4.69) is 0 Å². The smallest absolute Gasteiger partial charge is 0.315 e. The fraction of sp³-hybridized carbons (Fsp3) is 0.800. The molecule has 0 radical (unpaired) electrons. The molecule has 1 heterocycles. The van der Waals surface area contributed by atoms with E-state index in [9.17, 15) is 18.0 Å². The second-order valence-corrected chi connectivity index (χ2v) is 2.14. The summed E-state index contributed by atoms with van der Waals surface area (Å²) in [5.74, 6) is -1.27. The van der Waals surface area contributed by atoms with Gasteiger partial charge in [0.2, 0.25) is 0 Å². The Balaban J connectivity index is 2.31. The Bertz CT molecular complexity index is 144. The summed E-state index contributed by atoms with van der Waals surface area (Å²) in [5.41, 5.74) is 0. The molecule has 5 heteroatoms. The number of amides is 1. The van der Waals surface area contributed by atoms with Gasteiger partial charge in [-0.05, 0) is 0 Å². The average Bonchev–Trinajstić information content (AvgIpc) is 1.79. The maximum atomic E-state index is 12.0. The van der Waals surface area contributed by atoms with Crippen LogP contribution in [0.25, 0.3) is 0 Å². The van der Waals surface area contributed by atoms with Crippen molar-refractivity contribution in [2.75, 3.05) is 13.1 Å². The second-order valence-electron chi connectivity index (χ2n) is 2.14. The molecule has 1 fully saturated rings. The number of nitrogens with zero attached hydrogens (tertiary/aromatic N) is 1. The minimum Gasteiger partial charge on any atom is -0.332 e. The highest BCUT2D eigenvalue weighted by Crippen LogP contribution is 2.13. The zero-order chi connectivity index (χ0) is 7.72. The highest BCUT2D eigenvalue weighted by Gasteiger charge is 2.34. The van der Waals surface area contributed by atoms with Crippen LogP contribution in [0, 0.1) is 0 Å². The summed E-state index contributed by atoms with van der Waals surface area (Å²) in [6.45, 7) is -0.355. The van der Waals surface area contributed by atoms with Gasteiger partial charge in [0.1, 0.15) is 6.17 Å². The van der Waals surface area contributed by atoms with Gasteiger partial charge in [0, 0.05) is 0 Å². The average molecular weight is 153 g/mol. The van der Waals surface area contributed by atoms with Crippen LogP contribution in [0.2, 0.25) is 0 Å². The Kier molecular flexibility index (Phi) is 1.82. The highest BCUT2D eigenvalue weighted by molar-refractivity contribution is 5.80. The van der Waals surface area contributed by atoms with E-state index in [4.69, 9.17) is 0 Å². The van der Waals surface area contributed by atoms with Gasteiger partial charge in [-0.1, -0.05) is 0 Å². The molecule has 0 saturated carbocycles. The van der Waals surface area contributed by atoms with Crippen LogP contribution in [0.4, 0.5) is 13.2 Å². The van der Waals surface area contributed by atoms with Crippen LogP contribution in [0.5, 0.6) is 0 Å². The zero-order valence-electron chi connectivity index (χ0n) is 5.06. The molecule has 0 aliphatic carbocycles. The fourth-order valence-corrected chi connectivity index (χ4v) is 0.743. The molecule has 0 aromatic carbocycles. The molecule has 1 saturated heterocycles. The number of rotatable bonds is 1. The van der Waals surface area contributed by atoms with Gasteiger partial charge >= 0.3 is 6.43 Å². The molecular formula is C5H6F3NO. The van der Waals surface area contributed by atoms with Crippen molar-refractivity contribution in [3.8, 4) is 0 Å². The third kappa shape index (κ3) is 1.22. The topological polar surface area (TPSA) is 20.3 Å². The summed E-state index contributed by atoms with van der Waals surface area (Å²) in [4.78, 5) is 11.1. The van der Waals surface area contributed by atoms with Crippen molar-refractivity contribution in [3.05, 3.63) is 0 Å². The number of alkyl halides is 3. The number of hydrogen-bond acceptors (Lipinski definition) is 1. The molecule has 0 unspecified atom stereocenters. The van der Waals surface area contributed by atoms with Crippen molar-refractivity contribution >= 4 is 5.91 Å². The lowest BCUT2D eigenvalue weighted by Crippen LogP contribution is -2.53. The first kappa shape index (κ1) is 7.37. The van der Waals surface area contributed by atoms with Crippen LogP contribution < -0.4 is 0 Å². The third-order valence-electron chi connectivity index (χ3n) is 1.34. The van der Waals surface area contributed by atoms with Crippen molar-refractivity contribution in [2.24, 2.45) is 0 Å². The quantitative estimate of drug-likeness (QED) is 0.535. The molecule has 0 atom stereocenters. The Morgan fingerprint density at radius 3 is 2.30 bits per heavy atom. The van der Waals surface area contributed by atoms with Gasteiger partial charge in [-0.3, -0.25) is 4.79 Å². The van der Waals surface area contributed by atoms with E-state index in [1.807, 2.05) is 0 Å². The maximum Gasteiger partial charge on any atom is 0.315 e. The van der Waals surface area contributed by atoms with E-state index in [0.29, 0.717) is 0 Å². The van der Waals surface area contributed by atoms with Crippen molar-refractivity contribution in [2.45, 2.75) is 12.6 Å². The molecule has 0 aromatic rings. The summed E-state index contributed by atoms with van der Waals surface area (Å²) in [6, 6.07) is 0. The SMILES string of the molecule is O=C(C(F)F)N1CC(F)C1. The Hall–Kier alpha value is -0.740. The van der Waals surface area contributed by atoms with Crippen LogP contribution in [0.15, 0.2) is 0 Å². The first-order chi connectivity index (χ1) is 4.61. The molecule has 58 valence electrons. The summed E-state index contributed by atoms with van der Waals surface area (Å²) < 4.78 is 35.0. The molecule has 2 nitrogen and oxygen atoms in total. The van der Waals surface area contributed by atoms with E-state index in [1.54, 1.807) is 0 Å². The molecule has 0 N–H and O–H groups in total. The standard InChI is InChI=1S/C5H6F3NO/c6-3-1-9(2-3)5(10)4(7)8/h3-4H,1-2H2. The lowest BCUT2D eigenvalue weighted by Gasteiger charge is -2.33. The number of carbonyl (C=O) groups is 1. The number of halogens is 3. The van der Waals surface area contributed by atoms with Crippen LogP contribution in [0.3, 0.4) is 0 Å². The maximum absolute atomic E-state index is 12.0. The molecule has 0 bridgehead atoms. The fourth-order valence-electron chi connectivity index (χ4n) is 0.743. The molecular weight excluding hydrogens is 147 g/mol.